The van der Waals surface area contributed by atoms with E-state index in [9.17, 15) is 24.4 Å². The first-order chi connectivity index (χ1) is 14.3. The van der Waals surface area contributed by atoms with E-state index in [2.05, 4.69) is 20.6 Å². The lowest BCUT2D eigenvalue weighted by molar-refractivity contribution is -0.127. The molecule has 2 atom stereocenters. The maximum Gasteiger partial charge on any atom is 0.529 e. The highest BCUT2D eigenvalue weighted by Gasteiger charge is 2.33. The van der Waals surface area contributed by atoms with E-state index < -0.39 is 36.7 Å². The highest BCUT2D eigenvalue weighted by atomic mass is 16.4. The standard InChI is InChI=1S/C20H25BN4O5/c1-13(2)10-15(18(26)21(29)30)24-19(27)16(11-14-6-4-3-5-7-14)25-20(28)17-12-22-8-9-23-17/h3-9,12-13,15-16,29-30H,10-11H2,1-2H3,(H,24,27)(H,25,28)/t15-,16-/m0/s1. The summed E-state index contributed by atoms with van der Waals surface area (Å²) in [7, 11) is -2.20. The fourth-order valence-corrected chi connectivity index (χ4v) is 2.88. The zero-order valence-electron chi connectivity index (χ0n) is 16.9. The van der Waals surface area contributed by atoms with Crippen molar-refractivity contribution in [2.24, 2.45) is 5.92 Å². The Bertz CT molecular complexity index is 849. The van der Waals surface area contributed by atoms with Crippen LogP contribution in [0.5, 0.6) is 0 Å². The molecule has 2 amide bonds. The minimum Gasteiger partial charge on any atom is -0.421 e. The smallest absolute Gasteiger partial charge is 0.421 e. The van der Waals surface area contributed by atoms with Crippen molar-refractivity contribution < 1.29 is 24.4 Å². The van der Waals surface area contributed by atoms with Crippen LogP contribution in [0.15, 0.2) is 48.9 Å². The average molecular weight is 412 g/mol. The number of benzene rings is 1. The first-order valence-corrected chi connectivity index (χ1v) is 9.59. The second kappa shape index (κ2) is 11.2. The fraction of sp³-hybridized carbons (Fsp3) is 0.350. The van der Waals surface area contributed by atoms with E-state index in [-0.39, 0.29) is 24.5 Å². The molecule has 0 bridgehead atoms. The quantitative estimate of drug-likeness (QED) is 0.400. The third kappa shape index (κ3) is 7.05. The molecule has 0 aliphatic rings. The molecule has 2 rings (SSSR count). The lowest BCUT2D eigenvalue weighted by Crippen LogP contribution is -2.55. The first kappa shape index (κ1) is 23.2. The third-order valence-corrected chi connectivity index (χ3v) is 4.32. The lowest BCUT2D eigenvalue weighted by Gasteiger charge is -2.24. The van der Waals surface area contributed by atoms with Gasteiger partial charge in [0.2, 0.25) is 5.91 Å². The van der Waals surface area contributed by atoms with Gasteiger partial charge in [0, 0.05) is 18.8 Å². The average Bonchev–Trinajstić information content (AvgIpc) is 2.73. The number of hydrogen-bond acceptors (Lipinski definition) is 7. The SMILES string of the molecule is CC(C)C[C@H](NC(=O)[C@H](Cc1ccccc1)NC(=O)c1cnccn1)C(=O)B(O)O. The van der Waals surface area contributed by atoms with Gasteiger partial charge in [-0.3, -0.25) is 14.6 Å². The van der Waals surface area contributed by atoms with E-state index in [1.807, 2.05) is 44.2 Å². The Kier molecular flexibility index (Phi) is 8.63. The van der Waals surface area contributed by atoms with Crippen molar-refractivity contribution in [3.8, 4) is 0 Å². The van der Waals surface area contributed by atoms with E-state index >= 15 is 0 Å². The molecular weight excluding hydrogens is 387 g/mol. The molecule has 9 nitrogen and oxygen atoms in total. The van der Waals surface area contributed by atoms with Gasteiger partial charge in [-0.2, -0.15) is 0 Å². The second-order valence-electron chi connectivity index (χ2n) is 7.27. The van der Waals surface area contributed by atoms with E-state index in [1.165, 1.54) is 18.6 Å². The molecule has 0 spiro atoms. The van der Waals surface area contributed by atoms with Crippen molar-refractivity contribution >= 4 is 24.6 Å². The van der Waals surface area contributed by atoms with Gasteiger partial charge in [0.25, 0.3) is 5.91 Å². The Morgan fingerprint density at radius 1 is 1.03 bits per heavy atom. The molecule has 2 aromatic rings. The number of amides is 2. The summed E-state index contributed by atoms with van der Waals surface area (Å²) >= 11 is 0. The first-order valence-electron chi connectivity index (χ1n) is 9.59. The van der Waals surface area contributed by atoms with Crippen molar-refractivity contribution in [3.63, 3.8) is 0 Å². The highest BCUT2D eigenvalue weighted by Crippen LogP contribution is 2.09. The third-order valence-electron chi connectivity index (χ3n) is 4.32. The number of aromatic nitrogens is 2. The summed E-state index contributed by atoms with van der Waals surface area (Å²) in [6, 6.07) is 6.96. The number of nitrogens with one attached hydrogen (secondary N) is 2. The molecule has 1 aromatic carbocycles. The molecule has 10 heteroatoms. The lowest BCUT2D eigenvalue weighted by atomic mass is 9.77. The number of rotatable bonds is 10. The topological polar surface area (TPSA) is 142 Å². The Labute approximate surface area is 175 Å². The molecule has 4 N–H and O–H groups in total. The maximum absolute atomic E-state index is 13.0. The highest BCUT2D eigenvalue weighted by molar-refractivity contribution is 6.79. The number of carbonyl (C=O) groups excluding carboxylic acids is 3. The second-order valence-corrected chi connectivity index (χ2v) is 7.27. The molecule has 30 heavy (non-hydrogen) atoms. The molecule has 0 aliphatic carbocycles. The van der Waals surface area contributed by atoms with Gasteiger partial charge in [-0.25, -0.2) is 4.98 Å². The number of carbonyl (C=O) groups is 3. The van der Waals surface area contributed by atoms with Gasteiger partial charge in [0.15, 0.2) is 5.68 Å². The Hall–Kier alpha value is -3.11. The molecule has 0 aliphatic heterocycles. The van der Waals surface area contributed by atoms with Crippen LogP contribution in [0, 0.1) is 5.92 Å². The van der Waals surface area contributed by atoms with Crippen LogP contribution in [-0.2, 0) is 16.0 Å². The summed E-state index contributed by atoms with van der Waals surface area (Å²) in [6.07, 6.45) is 4.45. The van der Waals surface area contributed by atoms with Gasteiger partial charge in [-0.1, -0.05) is 44.2 Å². The van der Waals surface area contributed by atoms with Gasteiger partial charge < -0.3 is 25.5 Å². The van der Waals surface area contributed by atoms with Crippen LogP contribution >= 0.6 is 0 Å². The molecule has 0 radical (unpaired) electrons. The molecule has 158 valence electrons. The van der Waals surface area contributed by atoms with Gasteiger partial charge in [0.1, 0.15) is 11.7 Å². The van der Waals surface area contributed by atoms with Crippen molar-refractivity contribution in [3.05, 3.63) is 60.2 Å². The van der Waals surface area contributed by atoms with E-state index in [0.29, 0.717) is 0 Å². The van der Waals surface area contributed by atoms with Crippen LogP contribution in [0.1, 0.15) is 36.3 Å². The summed E-state index contributed by atoms with van der Waals surface area (Å²) in [5, 5.41) is 23.7. The zero-order valence-corrected chi connectivity index (χ0v) is 16.9. The molecular formula is C20H25BN4O5. The molecule has 0 unspecified atom stereocenters. The molecule has 1 aromatic heterocycles. The van der Waals surface area contributed by atoms with Crippen LogP contribution in [0.25, 0.3) is 0 Å². The predicted octanol–water partition coefficient (Wildman–Crippen LogP) is -0.0703. The van der Waals surface area contributed by atoms with Crippen molar-refractivity contribution in [1.29, 1.82) is 0 Å². The fourth-order valence-electron chi connectivity index (χ4n) is 2.88. The Morgan fingerprint density at radius 2 is 1.73 bits per heavy atom. The van der Waals surface area contributed by atoms with Crippen LogP contribution in [0.3, 0.4) is 0 Å². The minimum atomic E-state index is -2.20. The summed E-state index contributed by atoms with van der Waals surface area (Å²) in [5.41, 5.74) is -0.0641. The van der Waals surface area contributed by atoms with Gasteiger partial charge in [-0.15, -0.1) is 0 Å². The monoisotopic (exact) mass is 412 g/mol. The predicted molar refractivity (Wildman–Crippen MR) is 110 cm³/mol. The largest absolute Gasteiger partial charge is 0.529 e. The molecule has 1 heterocycles. The van der Waals surface area contributed by atoms with Crippen molar-refractivity contribution in [1.82, 2.24) is 20.6 Å². The van der Waals surface area contributed by atoms with Gasteiger partial charge >= 0.3 is 7.12 Å². The van der Waals surface area contributed by atoms with Crippen LogP contribution in [0.2, 0.25) is 0 Å². The Balaban J connectivity index is 2.21. The number of hydrogen-bond donors (Lipinski definition) is 4. The van der Waals surface area contributed by atoms with Crippen LogP contribution in [0.4, 0.5) is 0 Å². The zero-order chi connectivity index (χ0) is 22.1. The summed E-state index contributed by atoms with van der Waals surface area (Å²) in [6.45, 7) is 3.68. The summed E-state index contributed by atoms with van der Waals surface area (Å²) in [5.74, 6) is -1.19. The molecule has 0 saturated carbocycles. The van der Waals surface area contributed by atoms with E-state index in [0.717, 1.165) is 5.56 Å². The molecule has 0 saturated heterocycles. The summed E-state index contributed by atoms with van der Waals surface area (Å²) < 4.78 is 0. The number of nitrogens with zero attached hydrogens (tertiary/aromatic N) is 2. The van der Waals surface area contributed by atoms with Crippen molar-refractivity contribution in [2.45, 2.75) is 38.8 Å². The minimum absolute atomic E-state index is 0.0137. The summed E-state index contributed by atoms with van der Waals surface area (Å²) in [4.78, 5) is 45.4. The van der Waals surface area contributed by atoms with E-state index in [4.69, 9.17) is 0 Å². The van der Waals surface area contributed by atoms with Gasteiger partial charge in [0.05, 0.1) is 12.2 Å². The van der Waals surface area contributed by atoms with Crippen LogP contribution < -0.4 is 10.6 Å². The van der Waals surface area contributed by atoms with Gasteiger partial charge in [-0.05, 0) is 17.9 Å². The molecule has 0 fully saturated rings. The normalized spacial score (nSPS) is 12.7. The maximum atomic E-state index is 13.0. The van der Waals surface area contributed by atoms with Crippen molar-refractivity contribution in [2.75, 3.05) is 0 Å². The Morgan fingerprint density at radius 3 is 2.30 bits per heavy atom. The van der Waals surface area contributed by atoms with E-state index in [1.54, 1.807) is 0 Å². The van der Waals surface area contributed by atoms with Crippen LogP contribution in [-0.4, -0.2) is 56.7 Å².